The summed E-state index contributed by atoms with van der Waals surface area (Å²) in [6.45, 7) is 4.53. The Kier molecular flexibility index (Phi) is 4.95. The first-order valence-electron chi connectivity index (χ1n) is 8.61. The van der Waals surface area contributed by atoms with E-state index >= 15 is 0 Å². The zero-order chi connectivity index (χ0) is 15.4. The molecule has 2 fully saturated rings. The first-order chi connectivity index (χ1) is 10.8. The molecule has 1 heterocycles. The molecule has 0 aliphatic heterocycles. The Balaban J connectivity index is 1.45. The summed E-state index contributed by atoms with van der Waals surface area (Å²) < 4.78 is 1.77. The van der Waals surface area contributed by atoms with Crippen molar-refractivity contribution < 1.29 is 0 Å². The Morgan fingerprint density at radius 2 is 2.27 bits per heavy atom. The molecule has 0 aromatic carbocycles. The van der Waals surface area contributed by atoms with Crippen molar-refractivity contribution in [1.82, 2.24) is 25.4 Å². The number of aromatic nitrogens is 3. The average molecular weight is 304 g/mol. The minimum Gasteiger partial charge on any atom is -0.357 e. The van der Waals surface area contributed by atoms with Gasteiger partial charge in [0.1, 0.15) is 18.7 Å². The van der Waals surface area contributed by atoms with Crippen LogP contribution >= 0.6 is 0 Å². The number of hydrogen-bond donors (Lipinski definition) is 2. The van der Waals surface area contributed by atoms with Crippen molar-refractivity contribution in [3.8, 4) is 0 Å². The van der Waals surface area contributed by atoms with Crippen LogP contribution in [0.15, 0.2) is 11.3 Å². The van der Waals surface area contributed by atoms with E-state index < -0.39 is 0 Å². The molecule has 3 rings (SSSR count). The van der Waals surface area contributed by atoms with Gasteiger partial charge in [-0.3, -0.25) is 4.68 Å². The van der Waals surface area contributed by atoms with E-state index in [1.807, 2.05) is 7.05 Å². The first kappa shape index (κ1) is 15.3. The summed E-state index contributed by atoms with van der Waals surface area (Å²) >= 11 is 0. The van der Waals surface area contributed by atoms with Gasteiger partial charge in [-0.1, -0.05) is 6.42 Å². The second kappa shape index (κ2) is 7.11. The van der Waals surface area contributed by atoms with Gasteiger partial charge in [-0.05, 0) is 50.4 Å². The lowest BCUT2D eigenvalue weighted by atomic mass is 9.86. The zero-order valence-electron chi connectivity index (χ0n) is 13.8. The number of aliphatic imine (C=N–C) groups is 1. The molecule has 0 amide bonds. The van der Waals surface area contributed by atoms with Gasteiger partial charge < -0.3 is 10.6 Å². The fourth-order valence-electron chi connectivity index (χ4n) is 4.06. The van der Waals surface area contributed by atoms with Gasteiger partial charge in [0.05, 0.1) is 0 Å². The Morgan fingerprint density at radius 3 is 2.91 bits per heavy atom. The summed E-state index contributed by atoms with van der Waals surface area (Å²) in [5.74, 6) is 4.74. The molecule has 0 spiro atoms. The predicted octanol–water partition coefficient (Wildman–Crippen LogP) is 1.70. The van der Waals surface area contributed by atoms with Gasteiger partial charge in [-0.2, -0.15) is 5.10 Å². The van der Waals surface area contributed by atoms with Crippen molar-refractivity contribution in [2.45, 2.75) is 45.6 Å². The van der Waals surface area contributed by atoms with Gasteiger partial charge in [0, 0.05) is 20.1 Å². The van der Waals surface area contributed by atoms with Gasteiger partial charge in [-0.25, -0.2) is 9.98 Å². The van der Waals surface area contributed by atoms with E-state index in [-0.39, 0.29) is 0 Å². The molecule has 0 radical (unpaired) electrons. The zero-order valence-corrected chi connectivity index (χ0v) is 13.8. The molecule has 2 bridgehead atoms. The van der Waals surface area contributed by atoms with Gasteiger partial charge in [0.25, 0.3) is 0 Å². The van der Waals surface area contributed by atoms with Gasteiger partial charge >= 0.3 is 0 Å². The lowest BCUT2D eigenvalue weighted by Gasteiger charge is -2.22. The fraction of sp³-hybridized carbons (Fsp3) is 0.812. The highest BCUT2D eigenvalue weighted by Gasteiger charge is 2.38. The summed E-state index contributed by atoms with van der Waals surface area (Å²) in [5.41, 5.74) is 0. The van der Waals surface area contributed by atoms with Gasteiger partial charge in [-0.15, -0.1) is 0 Å². The average Bonchev–Trinajstić information content (AvgIpc) is 3.22. The molecule has 2 aliphatic rings. The second-order valence-electron chi connectivity index (χ2n) is 6.65. The van der Waals surface area contributed by atoms with Crippen LogP contribution in [0.2, 0.25) is 0 Å². The molecule has 22 heavy (non-hydrogen) atoms. The molecule has 1 aromatic heterocycles. The maximum absolute atomic E-state index is 4.60. The molecular formula is C16H28N6. The highest BCUT2D eigenvalue weighted by atomic mass is 15.3. The Hall–Kier alpha value is -1.59. The third kappa shape index (κ3) is 3.59. The summed E-state index contributed by atoms with van der Waals surface area (Å²) in [4.78, 5) is 8.81. The summed E-state index contributed by atoms with van der Waals surface area (Å²) in [7, 11) is 1.90. The molecule has 6 heteroatoms. The monoisotopic (exact) mass is 304 g/mol. The van der Waals surface area contributed by atoms with E-state index in [1.165, 1.54) is 32.1 Å². The van der Waals surface area contributed by atoms with Crippen molar-refractivity contribution in [3.05, 3.63) is 12.2 Å². The van der Waals surface area contributed by atoms with Crippen molar-refractivity contribution in [3.63, 3.8) is 0 Å². The summed E-state index contributed by atoms with van der Waals surface area (Å²) in [5, 5.41) is 10.8. The topological polar surface area (TPSA) is 67.1 Å². The van der Waals surface area contributed by atoms with Crippen LogP contribution in [0.3, 0.4) is 0 Å². The predicted molar refractivity (Wildman–Crippen MR) is 87.4 cm³/mol. The van der Waals surface area contributed by atoms with E-state index in [1.54, 1.807) is 11.0 Å². The SMILES string of the molecule is CCNC(=NCc1ncnn1C)NCCC1CC2CCC1C2. The molecule has 6 nitrogen and oxygen atoms in total. The van der Waals surface area contributed by atoms with Crippen LogP contribution < -0.4 is 10.6 Å². The van der Waals surface area contributed by atoms with Gasteiger partial charge in [0.15, 0.2) is 5.96 Å². The third-order valence-electron chi connectivity index (χ3n) is 5.22. The molecule has 2 saturated carbocycles. The molecule has 2 N–H and O–H groups in total. The summed E-state index contributed by atoms with van der Waals surface area (Å²) in [6, 6.07) is 0. The third-order valence-corrected chi connectivity index (χ3v) is 5.22. The quantitative estimate of drug-likeness (QED) is 0.620. The number of nitrogens with one attached hydrogen (secondary N) is 2. The summed E-state index contributed by atoms with van der Waals surface area (Å²) in [6.07, 6.45) is 8.74. The van der Waals surface area contributed by atoms with E-state index in [9.17, 15) is 0 Å². The smallest absolute Gasteiger partial charge is 0.191 e. The van der Waals surface area contributed by atoms with E-state index in [4.69, 9.17) is 0 Å². The normalized spacial score (nSPS) is 27.4. The molecule has 1 aromatic rings. The fourth-order valence-corrected chi connectivity index (χ4v) is 4.06. The number of guanidine groups is 1. The highest BCUT2D eigenvalue weighted by molar-refractivity contribution is 5.79. The number of rotatable bonds is 6. The van der Waals surface area contributed by atoms with Crippen molar-refractivity contribution in [2.24, 2.45) is 29.8 Å². The highest BCUT2D eigenvalue weighted by Crippen LogP contribution is 2.49. The van der Waals surface area contributed by atoms with Crippen molar-refractivity contribution >= 4 is 5.96 Å². The van der Waals surface area contributed by atoms with E-state index in [0.29, 0.717) is 6.54 Å². The molecule has 2 aliphatic carbocycles. The maximum Gasteiger partial charge on any atom is 0.191 e. The lowest BCUT2D eigenvalue weighted by molar-refractivity contribution is 0.315. The van der Waals surface area contributed by atoms with Crippen LogP contribution in [0.5, 0.6) is 0 Å². The van der Waals surface area contributed by atoms with E-state index in [2.05, 4.69) is 32.6 Å². The van der Waals surface area contributed by atoms with Crippen molar-refractivity contribution in [1.29, 1.82) is 0 Å². The molecular weight excluding hydrogens is 276 g/mol. The Labute approximate surface area is 132 Å². The largest absolute Gasteiger partial charge is 0.357 e. The lowest BCUT2D eigenvalue weighted by Crippen LogP contribution is -2.38. The van der Waals surface area contributed by atoms with Crippen LogP contribution in [0.1, 0.15) is 44.9 Å². The van der Waals surface area contributed by atoms with Crippen LogP contribution in [-0.2, 0) is 13.6 Å². The Morgan fingerprint density at radius 1 is 1.36 bits per heavy atom. The minimum absolute atomic E-state index is 0.556. The molecule has 3 unspecified atom stereocenters. The standard InChI is InChI=1S/C16H28N6/c1-3-17-16(19-10-15-20-11-21-22(15)2)18-7-6-14-9-12-4-5-13(14)8-12/h11-14H,3-10H2,1-2H3,(H2,17,18,19). The van der Waals surface area contributed by atoms with E-state index in [0.717, 1.165) is 42.6 Å². The number of aryl methyl sites for hydroxylation is 1. The number of hydrogen-bond acceptors (Lipinski definition) is 3. The van der Waals surface area contributed by atoms with Crippen molar-refractivity contribution in [2.75, 3.05) is 13.1 Å². The Bertz CT molecular complexity index is 508. The number of nitrogens with zero attached hydrogens (tertiary/aromatic N) is 4. The van der Waals surface area contributed by atoms with Crippen LogP contribution in [-0.4, -0.2) is 33.8 Å². The number of fused-ring (bicyclic) bond motifs is 2. The van der Waals surface area contributed by atoms with Crippen LogP contribution in [0.4, 0.5) is 0 Å². The minimum atomic E-state index is 0.556. The molecule has 122 valence electrons. The first-order valence-corrected chi connectivity index (χ1v) is 8.61. The van der Waals surface area contributed by atoms with Crippen LogP contribution in [0, 0.1) is 17.8 Å². The van der Waals surface area contributed by atoms with Crippen LogP contribution in [0.25, 0.3) is 0 Å². The van der Waals surface area contributed by atoms with Gasteiger partial charge in [0.2, 0.25) is 0 Å². The second-order valence-corrected chi connectivity index (χ2v) is 6.65. The maximum atomic E-state index is 4.60. The molecule has 3 atom stereocenters. The molecule has 0 saturated heterocycles.